The van der Waals surface area contributed by atoms with E-state index in [0.29, 0.717) is 23.2 Å². The fraction of sp³-hybridized carbons (Fsp3) is 0.421. The van der Waals surface area contributed by atoms with Crippen LogP contribution in [0.15, 0.2) is 36.5 Å². The Bertz CT molecular complexity index is 736. The SMILES string of the molecule is CN(C)c1cccc(-c2cc([C@H]3C[C@@H]4CC[C@H]3N4)cnc2Cl)c1.Cl.Cl. The third-order valence-corrected chi connectivity index (χ3v) is 5.56. The van der Waals surface area contributed by atoms with E-state index in [1.807, 2.05) is 6.20 Å². The lowest BCUT2D eigenvalue weighted by molar-refractivity contribution is 0.505. The second kappa shape index (κ2) is 8.13. The minimum absolute atomic E-state index is 0. The van der Waals surface area contributed by atoms with E-state index in [1.54, 1.807) is 0 Å². The zero-order valence-electron chi connectivity index (χ0n) is 14.4. The monoisotopic (exact) mass is 399 g/mol. The summed E-state index contributed by atoms with van der Waals surface area (Å²) in [5.41, 5.74) is 4.66. The Morgan fingerprint density at radius 1 is 1.16 bits per heavy atom. The molecule has 6 heteroatoms. The lowest BCUT2D eigenvalue weighted by Gasteiger charge is -2.21. The minimum Gasteiger partial charge on any atom is -0.378 e. The van der Waals surface area contributed by atoms with Gasteiger partial charge in [0, 0.05) is 49.5 Å². The lowest BCUT2D eigenvalue weighted by Crippen LogP contribution is -2.21. The van der Waals surface area contributed by atoms with Gasteiger partial charge in [0.15, 0.2) is 0 Å². The number of anilines is 1. The highest BCUT2D eigenvalue weighted by Gasteiger charge is 2.39. The number of nitrogens with one attached hydrogen (secondary N) is 1. The Morgan fingerprint density at radius 3 is 2.60 bits per heavy atom. The molecule has 4 rings (SSSR count). The number of pyridine rings is 1. The van der Waals surface area contributed by atoms with Crippen LogP contribution >= 0.6 is 36.4 Å². The van der Waals surface area contributed by atoms with Crippen molar-refractivity contribution in [2.24, 2.45) is 0 Å². The predicted molar refractivity (Wildman–Crippen MR) is 111 cm³/mol. The van der Waals surface area contributed by atoms with Crippen LogP contribution in [0, 0.1) is 0 Å². The molecule has 0 amide bonds. The summed E-state index contributed by atoms with van der Waals surface area (Å²) in [6.45, 7) is 0. The van der Waals surface area contributed by atoms with Crippen molar-refractivity contribution in [3.63, 3.8) is 0 Å². The molecular weight excluding hydrogens is 377 g/mol. The maximum atomic E-state index is 6.41. The van der Waals surface area contributed by atoms with Gasteiger partial charge in [-0.2, -0.15) is 0 Å². The third-order valence-electron chi connectivity index (χ3n) is 5.26. The van der Waals surface area contributed by atoms with Gasteiger partial charge in [-0.3, -0.25) is 0 Å². The van der Waals surface area contributed by atoms with Crippen molar-refractivity contribution in [3.8, 4) is 11.1 Å². The van der Waals surface area contributed by atoms with E-state index in [1.165, 1.54) is 30.5 Å². The second-order valence-corrected chi connectivity index (χ2v) is 7.30. The first-order chi connectivity index (χ1) is 11.1. The van der Waals surface area contributed by atoms with Crippen LogP contribution in [0.3, 0.4) is 0 Å². The van der Waals surface area contributed by atoms with Crippen molar-refractivity contribution in [3.05, 3.63) is 47.2 Å². The van der Waals surface area contributed by atoms with E-state index >= 15 is 0 Å². The van der Waals surface area contributed by atoms with Gasteiger partial charge in [0.25, 0.3) is 0 Å². The minimum atomic E-state index is 0. The summed E-state index contributed by atoms with van der Waals surface area (Å²) in [6, 6.07) is 12.0. The van der Waals surface area contributed by atoms with Gasteiger partial charge in [-0.05, 0) is 48.6 Å². The molecule has 25 heavy (non-hydrogen) atoms. The molecule has 0 aliphatic carbocycles. The summed E-state index contributed by atoms with van der Waals surface area (Å²) in [4.78, 5) is 6.59. The van der Waals surface area contributed by atoms with Crippen molar-refractivity contribution in [2.75, 3.05) is 19.0 Å². The quantitative estimate of drug-likeness (QED) is 0.741. The predicted octanol–water partition coefficient (Wildman–Crippen LogP) is 4.92. The number of benzene rings is 1. The highest BCUT2D eigenvalue weighted by atomic mass is 35.5. The van der Waals surface area contributed by atoms with Crippen LogP contribution in [0.25, 0.3) is 11.1 Å². The number of aromatic nitrogens is 1. The number of nitrogens with zero attached hydrogens (tertiary/aromatic N) is 2. The van der Waals surface area contributed by atoms with Crippen molar-refractivity contribution in [1.82, 2.24) is 10.3 Å². The van der Waals surface area contributed by atoms with E-state index in [-0.39, 0.29) is 24.8 Å². The molecule has 2 aliphatic rings. The molecule has 136 valence electrons. The van der Waals surface area contributed by atoms with Crippen molar-refractivity contribution in [2.45, 2.75) is 37.3 Å². The Kier molecular flexibility index (Phi) is 6.61. The summed E-state index contributed by atoms with van der Waals surface area (Å²) in [5.74, 6) is 0.578. The van der Waals surface area contributed by atoms with Crippen LogP contribution < -0.4 is 10.2 Å². The number of hydrogen-bond acceptors (Lipinski definition) is 3. The van der Waals surface area contributed by atoms with E-state index < -0.39 is 0 Å². The zero-order chi connectivity index (χ0) is 16.0. The van der Waals surface area contributed by atoms with E-state index in [9.17, 15) is 0 Å². The average molecular weight is 401 g/mol. The van der Waals surface area contributed by atoms with E-state index in [2.05, 4.69) is 59.6 Å². The highest BCUT2D eigenvalue weighted by molar-refractivity contribution is 6.32. The van der Waals surface area contributed by atoms with Crippen molar-refractivity contribution in [1.29, 1.82) is 0 Å². The second-order valence-electron chi connectivity index (χ2n) is 6.94. The molecule has 3 heterocycles. The molecule has 3 atom stereocenters. The van der Waals surface area contributed by atoms with E-state index in [0.717, 1.165) is 11.1 Å². The number of halogens is 3. The van der Waals surface area contributed by atoms with Crippen molar-refractivity contribution < 1.29 is 0 Å². The third kappa shape index (κ3) is 3.90. The average Bonchev–Trinajstić information content (AvgIpc) is 3.18. The lowest BCUT2D eigenvalue weighted by atomic mass is 9.84. The van der Waals surface area contributed by atoms with Gasteiger partial charge in [0.05, 0.1) is 0 Å². The number of fused-ring (bicyclic) bond motifs is 2. The Labute approximate surface area is 167 Å². The first-order valence-electron chi connectivity index (χ1n) is 8.31. The standard InChI is InChI=1S/C19H22ClN3.2ClH/c1-23(2)15-5-3-4-12(8-15)17-9-13(11-21-19(17)20)16-10-14-6-7-18(16)22-14;;/h3-5,8-9,11,14,16,18,22H,6-7,10H2,1-2H3;2*1H/t14-,16+,18+;;/m0../s1. The molecule has 1 aromatic carbocycles. The van der Waals surface area contributed by atoms with E-state index in [4.69, 9.17) is 11.6 Å². The molecule has 1 aromatic heterocycles. The molecular formula is C19H24Cl3N3. The fourth-order valence-corrected chi connectivity index (χ4v) is 4.23. The molecule has 2 fully saturated rings. The molecule has 2 saturated heterocycles. The highest BCUT2D eigenvalue weighted by Crippen LogP contribution is 2.41. The van der Waals surface area contributed by atoms with Gasteiger partial charge >= 0.3 is 0 Å². The Hall–Kier alpha value is -1.00. The van der Waals surface area contributed by atoms with Crippen molar-refractivity contribution >= 4 is 42.1 Å². The number of hydrogen-bond donors (Lipinski definition) is 1. The van der Waals surface area contributed by atoms with Crippen LogP contribution in [-0.2, 0) is 0 Å². The summed E-state index contributed by atoms with van der Waals surface area (Å²) < 4.78 is 0. The molecule has 0 spiro atoms. The first-order valence-corrected chi connectivity index (χ1v) is 8.69. The molecule has 2 aromatic rings. The van der Waals surface area contributed by atoms with Crippen LogP contribution in [0.2, 0.25) is 5.15 Å². The van der Waals surface area contributed by atoms with Crippen LogP contribution in [0.4, 0.5) is 5.69 Å². The molecule has 2 bridgehead atoms. The Balaban J connectivity index is 0.00000113. The van der Waals surface area contributed by atoms with Gasteiger partial charge in [0.1, 0.15) is 5.15 Å². The van der Waals surface area contributed by atoms with Gasteiger partial charge in [-0.1, -0.05) is 23.7 Å². The molecule has 0 unspecified atom stereocenters. The normalized spacial score (nSPS) is 23.7. The summed E-state index contributed by atoms with van der Waals surface area (Å²) >= 11 is 6.41. The maximum Gasteiger partial charge on any atom is 0.136 e. The van der Waals surface area contributed by atoms with Gasteiger partial charge < -0.3 is 10.2 Å². The number of rotatable bonds is 3. The van der Waals surface area contributed by atoms with Gasteiger partial charge in [-0.15, -0.1) is 24.8 Å². The zero-order valence-corrected chi connectivity index (χ0v) is 16.8. The maximum absolute atomic E-state index is 6.41. The molecule has 0 radical (unpaired) electrons. The summed E-state index contributed by atoms with van der Waals surface area (Å²) in [5, 5.41) is 4.29. The Morgan fingerprint density at radius 2 is 1.96 bits per heavy atom. The molecule has 3 nitrogen and oxygen atoms in total. The summed E-state index contributed by atoms with van der Waals surface area (Å²) in [7, 11) is 4.10. The van der Waals surface area contributed by atoms with Gasteiger partial charge in [-0.25, -0.2) is 4.98 Å². The van der Waals surface area contributed by atoms with Gasteiger partial charge in [0.2, 0.25) is 0 Å². The summed E-state index contributed by atoms with van der Waals surface area (Å²) in [6.07, 6.45) is 5.79. The first kappa shape index (κ1) is 20.3. The van der Waals surface area contributed by atoms with Crippen LogP contribution in [0.5, 0.6) is 0 Å². The molecule has 0 saturated carbocycles. The molecule has 2 aliphatic heterocycles. The smallest absolute Gasteiger partial charge is 0.136 e. The topological polar surface area (TPSA) is 28.2 Å². The molecule has 1 N–H and O–H groups in total. The largest absolute Gasteiger partial charge is 0.378 e. The fourth-order valence-electron chi connectivity index (χ4n) is 4.01. The van der Waals surface area contributed by atoms with Crippen LogP contribution in [-0.4, -0.2) is 31.2 Å². The van der Waals surface area contributed by atoms with Crippen LogP contribution in [0.1, 0.15) is 30.7 Å².